The second-order valence-electron chi connectivity index (χ2n) is 11.0. The van der Waals surface area contributed by atoms with Gasteiger partial charge in [-0.15, -0.1) is 0 Å². The smallest absolute Gasteiger partial charge is 0.413 e. The molecular weight excluding hydrogens is 622 g/mol. The highest BCUT2D eigenvalue weighted by atomic mass is 35.5. The summed E-state index contributed by atoms with van der Waals surface area (Å²) in [6.45, 7) is 3.98. The van der Waals surface area contributed by atoms with Crippen LogP contribution in [0.15, 0.2) is 72.9 Å². The van der Waals surface area contributed by atoms with Crippen LogP contribution < -0.4 is 29.2 Å². The first-order valence-corrected chi connectivity index (χ1v) is 15.9. The van der Waals surface area contributed by atoms with Crippen LogP contribution in [0.25, 0.3) is 0 Å². The predicted octanol–water partition coefficient (Wildman–Crippen LogP) is 7.43. The molecule has 0 radical (unpaired) electrons. The maximum atomic E-state index is 13.1. The molecular formula is C35H40ClN5O6. The Labute approximate surface area is 280 Å². The number of piperidine rings is 1. The molecule has 47 heavy (non-hydrogen) atoms. The van der Waals surface area contributed by atoms with Crippen LogP contribution in [0.5, 0.6) is 23.0 Å². The Bertz CT molecular complexity index is 1650. The third-order valence-electron chi connectivity index (χ3n) is 8.00. The molecule has 1 atom stereocenters. The lowest BCUT2D eigenvalue weighted by Crippen LogP contribution is -2.35. The Morgan fingerprint density at radius 2 is 1.74 bits per heavy atom. The number of halogens is 1. The second-order valence-corrected chi connectivity index (χ2v) is 11.5. The van der Waals surface area contributed by atoms with Crippen molar-refractivity contribution in [3.63, 3.8) is 0 Å². The first-order chi connectivity index (χ1) is 22.9. The summed E-state index contributed by atoms with van der Waals surface area (Å²) in [7, 11) is 4.56. The Kier molecular flexibility index (Phi) is 11.6. The summed E-state index contributed by atoms with van der Waals surface area (Å²) in [6, 6.07) is 18.3. The van der Waals surface area contributed by atoms with Crippen molar-refractivity contribution < 1.29 is 28.8 Å². The molecule has 12 heteroatoms. The molecule has 248 valence electrons. The number of rotatable bonds is 14. The van der Waals surface area contributed by atoms with Crippen LogP contribution in [-0.4, -0.2) is 73.6 Å². The molecule has 1 aromatic heterocycles. The summed E-state index contributed by atoms with van der Waals surface area (Å²) in [5.74, 6) is 2.39. The normalized spacial score (nSPS) is 13.8. The fraction of sp³-hybridized carbons (Fsp3) is 0.343. The number of benzene rings is 3. The summed E-state index contributed by atoms with van der Waals surface area (Å²) in [6.07, 6.45) is 5.05. The molecule has 2 heterocycles. The van der Waals surface area contributed by atoms with Gasteiger partial charge in [0, 0.05) is 40.6 Å². The van der Waals surface area contributed by atoms with E-state index in [2.05, 4.69) is 20.2 Å². The van der Waals surface area contributed by atoms with E-state index in [1.165, 1.54) is 65.9 Å². The molecule has 5 rings (SSSR count). The number of nitrogens with zero attached hydrogens (tertiary/aromatic N) is 4. The summed E-state index contributed by atoms with van der Waals surface area (Å²) in [5, 5.41) is 14.3. The van der Waals surface area contributed by atoms with Crippen molar-refractivity contribution in [1.82, 2.24) is 14.9 Å². The lowest BCUT2D eigenvalue weighted by atomic mass is 9.95. The van der Waals surface area contributed by atoms with Gasteiger partial charge in [-0.25, -0.2) is 14.7 Å². The van der Waals surface area contributed by atoms with Crippen molar-refractivity contribution in [2.45, 2.75) is 31.7 Å². The van der Waals surface area contributed by atoms with E-state index in [-0.39, 0.29) is 11.8 Å². The number of hydrogen-bond acceptors (Lipinski definition) is 9. The molecule has 0 saturated carbocycles. The highest BCUT2D eigenvalue weighted by Gasteiger charge is 2.34. The van der Waals surface area contributed by atoms with E-state index < -0.39 is 12.1 Å². The number of aromatic nitrogens is 2. The monoisotopic (exact) mass is 661 g/mol. The largest absolute Gasteiger partial charge is 0.497 e. The van der Waals surface area contributed by atoms with Crippen LogP contribution in [0.4, 0.5) is 22.2 Å². The van der Waals surface area contributed by atoms with Crippen molar-refractivity contribution in [1.29, 1.82) is 0 Å². The molecule has 1 unspecified atom stereocenters. The third kappa shape index (κ3) is 8.55. The van der Waals surface area contributed by atoms with Crippen molar-refractivity contribution in [2.75, 3.05) is 57.8 Å². The van der Waals surface area contributed by atoms with Gasteiger partial charge in [-0.2, -0.15) is 4.98 Å². The minimum absolute atomic E-state index is 0.118. The first kappa shape index (κ1) is 33.6. The number of ether oxygens (including phenoxy) is 4. The van der Waals surface area contributed by atoms with Crippen LogP contribution in [-0.2, 0) is 0 Å². The fourth-order valence-corrected chi connectivity index (χ4v) is 5.91. The average Bonchev–Trinajstić information content (AvgIpc) is 3.09. The molecule has 1 fully saturated rings. The Balaban J connectivity index is 1.43. The van der Waals surface area contributed by atoms with Crippen molar-refractivity contribution in [2.24, 2.45) is 0 Å². The second kappa shape index (κ2) is 16.2. The fourth-order valence-electron chi connectivity index (χ4n) is 5.75. The number of carboxylic acid groups (broad SMARTS) is 1. The summed E-state index contributed by atoms with van der Waals surface area (Å²) in [4.78, 5) is 25.8. The minimum atomic E-state index is -1.26. The number of carbonyl (C=O) groups is 1. The van der Waals surface area contributed by atoms with Gasteiger partial charge in [0.15, 0.2) is 0 Å². The van der Waals surface area contributed by atoms with E-state index in [1.807, 2.05) is 24.3 Å². The van der Waals surface area contributed by atoms with Gasteiger partial charge < -0.3 is 34.3 Å². The molecule has 0 spiro atoms. The van der Waals surface area contributed by atoms with Gasteiger partial charge in [-0.1, -0.05) is 30.2 Å². The standard InChI is InChI=1S/C35H40ClN5O6/c1-44-26-12-14-30(45-2)29(23-26)33(28-13-11-24(36)21-31(28)46-3)41(35(42)43)32-15-16-37-34(39-32)38-25-9-7-10-27(22-25)47-20-8-19-40-17-5-4-6-18-40/h7,9-16,21-23,33H,4-6,8,17-20H2,1-3H3,(H,42,43)(H,37,38,39). The lowest BCUT2D eigenvalue weighted by Gasteiger charge is -2.31. The summed E-state index contributed by atoms with van der Waals surface area (Å²) in [5.41, 5.74) is 1.72. The van der Waals surface area contributed by atoms with E-state index in [4.69, 9.17) is 30.5 Å². The van der Waals surface area contributed by atoms with Gasteiger partial charge in [-0.3, -0.25) is 0 Å². The molecule has 1 saturated heterocycles. The Morgan fingerprint density at radius 1 is 0.936 bits per heavy atom. The number of anilines is 3. The van der Waals surface area contributed by atoms with E-state index in [1.54, 1.807) is 36.4 Å². The van der Waals surface area contributed by atoms with E-state index in [9.17, 15) is 9.90 Å². The van der Waals surface area contributed by atoms with Crippen molar-refractivity contribution >= 4 is 35.1 Å². The average molecular weight is 662 g/mol. The van der Waals surface area contributed by atoms with E-state index >= 15 is 0 Å². The third-order valence-corrected chi connectivity index (χ3v) is 8.23. The molecule has 4 aromatic rings. The highest BCUT2D eigenvalue weighted by Crippen LogP contribution is 2.43. The maximum Gasteiger partial charge on any atom is 0.413 e. The van der Waals surface area contributed by atoms with Gasteiger partial charge in [-0.05, 0) is 80.9 Å². The maximum absolute atomic E-state index is 13.1. The molecule has 0 bridgehead atoms. The molecule has 2 N–H and O–H groups in total. The zero-order valence-electron chi connectivity index (χ0n) is 26.8. The lowest BCUT2D eigenvalue weighted by molar-refractivity contribution is 0.199. The molecule has 11 nitrogen and oxygen atoms in total. The highest BCUT2D eigenvalue weighted by molar-refractivity contribution is 6.30. The van der Waals surface area contributed by atoms with Gasteiger partial charge in [0.1, 0.15) is 28.8 Å². The van der Waals surface area contributed by atoms with Gasteiger partial charge >= 0.3 is 6.09 Å². The van der Waals surface area contributed by atoms with Crippen LogP contribution in [0.3, 0.4) is 0 Å². The Morgan fingerprint density at radius 3 is 2.49 bits per heavy atom. The van der Waals surface area contributed by atoms with Crippen LogP contribution >= 0.6 is 11.6 Å². The van der Waals surface area contributed by atoms with Crippen LogP contribution in [0.1, 0.15) is 42.9 Å². The number of methoxy groups -OCH3 is 3. The SMILES string of the molecule is COc1ccc(OC)c(C(c2ccc(Cl)cc2OC)N(C(=O)O)c2ccnc(Nc3cccc(OCCCN4CCCCC4)c3)n2)c1. The summed E-state index contributed by atoms with van der Waals surface area (Å²) < 4.78 is 22.9. The van der Waals surface area contributed by atoms with Gasteiger partial charge in [0.25, 0.3) is 0 Å². The number of likely N-dealkylation sites (tertiary alicyclic amines) is 1. The topological polar surface area (TPSA) is 119 Å². The van der Waals surface area contributed by atoms with Crippen LogP contribution in [0.2, 0.25) is 5.02 Å². The van der Waals surface area contributed by atoms with E-state index in [0.29, 0.717) is 45.7 Å². The van der Waals surface area contributed by atoms with Gasteiger partial charge in [0.05, 0.1) is 34.0 Å². The van der Waals surface area contributed by atoms with E-state index in [0.717, 1.165) is 23.6 Å². The molecule has 0 aliphatic carbocycles. The zero-order valence-corrected chi connectivity index (χ0v) is 27.6. The molecule has 1 aliphatic heterocycles. The predicted molar refractivity (Wildman–Crippen MR) is 182 cm³/mol. The Hall–Kier alpha value is -4.74. The molecule has 3 aromatic carbocycles. The molecule has 1 amide bonds. The van der Waals surface area contributed by atoms with Crippen molar-refractivity contribution in [3.05, 3.63) is 89.1 Å². The van der Waals surface area contributed by atoms with Gasteiger partial charge in [0.2, 0.25) is 5.95 Å². The quantitative estimate of drug-likeness (QED) is 0.132. The summed E-state index contributed by atoms with van der Waals surface area (Å²) >= 11 is 6.29. The zero-order chi connectivity index (χ0) is 33.2. The first-order valence-electron chi connectivity index (χ1n) is 15.5. The number of hydrogen-bond donors (Lipinski definition) is 2. The minimum Gasteiger partial charge on any atom is -0.497 e. The number of amides is 1. The molecule has 1 aliphatic rings. The van der Waals surface area contributed by atoms with Crippen LogP contribution in [0, 0.1) is 0 Å². The number of nitrogens with one attached hydrogen (secondary N) is 1. The van der Waals surface area contributed by atoms with Crippen molar-refractivity contribution in [3.8, 4) is 23.0 Å².